The zero-order valence-electron chi connectivity index (χ0n) is 11.2. The van der Waals surface area contributed by atoms with E-state index in [0.29, 0.717) is 10.6 Å². The molecule has 1 aromatic rings. The molecule has 0 radical (unpaired) electrons. The molecule has 5 nitrogen and oxygen atoms in total. The van der Waals surface area contributed by atoms with Gasteiger partial charge in [-0.25, -0.2) is 0 Å². The van der Waals surface area contributed by atoms with Crippen molar-refractivity contribution in [1.82, 2.24) is 0 Å². The van der Waals surface area contributed by atoms with Gasteiger partial charge in [0.25, 0.3) is 5.69 Å². The van der Waals surface area contributed by atoms with Gasteiger partial charge in [0.2, 0.25) is 0 Å². The predicted octanol–water partition coefficient (Wildman–Crippen LogP) is 3.42. The van der Waals surface area contributed by atoms with Gasteiger partial charge in [-0.15, -0.1) is 11.8 Å². The Labute approximate surface area is 116 Å². The summed E-state index contributed by atoms with van der Waals surface area (Å²) >= 11 is 1.29. The first kappa shape index (κ1) is 15.5. The fraction of sp³-hybridized carbons (Fsp3) is 0.462. The van der Waals surface area contributed by atoms with Crippen LogP contribution in [0.25, 0.3) is 0 Å². The lowest BCUT2D eigenvalue weighted by Crippen LogP contribution is -2.24. The van der Waals surface area contributed by atoms with Crippen LogP contribution in [0.5, 0.6) is 0 Å². The first-order valence-corrected chi connectivity index (χ1v) is 6.86. The van der Waals surface area contributed by atoms with E-state index in [4.69, 9.17) is 4.74 Å². The number of hydrogen-bond acceptors (Lipinski definition) is 5. The number of nitro benzene ring substituents is 1. The maximum atomic E-state index is 11.5. The minimum Gasteiger partial charge on any atom is -0.460 e. The molecule has 0 bridgehead atoms. The highest BCUT2D eigenvalue weighted by atomic mass is 32.2. The summed E-state index contributed by atoms with van der Waals surface area (Å²) in [6.07, 6.45) is 0.230. The molecule has 0 N–H and O–H groups in total. The van der Waals surface area contributed by atoms with E-state index >= 15 is 0 Å². The Bertz CT molecular complexity index is 468. The van der Waals surface area contributed by atoms with Gasteiger partial charge in [-0.2, -0.15) is 0 Å². The number of thioether (sulfide) groups is 1. The lowest BCUT2D eigenvalue weighted by Gasteiger charge is -2.19. The second kappa shape index (κ2) is 6.56. The van der Waals surface area contributed by atoms with Crippen molar-refractivity contribution in [1.29, 1.82) is 0 Å². The minimum atomic E-state index is -0.500. The number of carbonyl (C=O) groups is 1. The van der Waals surface area contributed by atoms with Gasteiger partial charge in [-0.1, -0.05) is 12.1 Å². The minimum absolute atomic E-state index is 0.0664. The SMILES string of the molecule is CC(C)(C)OC(=O)CCSc1ccccc1[N+](=O)[O-]. The van der Waals surface area contributed by atoms with Crippen LogP contribution in [0.15, 0.2) is 29.2 Å². The Kier molecular flexibility index (Phi) is 5.35. The van der Waals surface area contributed by atoms with Crippen LogP contribution in [0, 0.1) is 10.1 Å². The first-order valence-electron chi connectivity index (χ1n) is 5.87. The number of rotatable bonds is 5. The van der Waals surface area contributed by atoms with Crippen molar-refractivity contribution in [2.45, 2.75) is 37.7 Å². The molecule has 0 aliphatic rings. The van der Waals surface area contributed by atoms with E-state index in [-0.39, 0.29) is 18.1 Å². The Morgan fingerprint density at radius 2 is 2.00 bits per heavy atom. The van der Waals surface area contributed by atoms with Gasteiger partial charge >= 0.3 is 5.97 Å². The molecule has 1 rings (SSSR count). The molecule has 0 saturated heterocycles. The van der Waals surface area contributed by atoms with E-state index < -0.39 is 10.5 Å². The molecule has 1 aromatic carbocycles. The molecule has 19 heavy (non-hydrogen) atoms. The normalized spacial score (nSPS) is 11.1. The average Bonchev–Trinajstić information content (AvgIpc) is 2.27. The lowest BCUT2D eigenvalue weighted by atomic mass is 10.2. The summed E-state index contributed by atoms with van der Waals surface area (Å²) in [5.41, 5.74) is -0.433. The predicted molar refractivity (Wildman–Crippen MR) is 74.3 cm³/mol. The summed E-state index contributed by atoms with van der Waals surface area (Å²) in [6.45, 7) is 5.42. The first-order chi connectivity index (χ1) is 8.79. The molecule has 0 aliphatic carbocycles. The lowest BCUT2D eigenvalue weighted by molar-refractivity contribution is -0.387. The van der Waals surface area contributed by atoms with Gasteiger partial charge in [0, 0.05) is 11.8 Å². The average molecular weight is 283 g/mol. The second-order valence-electron chi connectivity index (χ2n) is 4.91. The highest BCUT2D eigenvalue weighted by molar-refractivity contribution is 7.99. The molecule has 0 aliphatic heterocycles. The van der Waals surface area contributed by atoms with Gasteiger partial charge in [0.15, 0.2) is 0 Å². The van der Waals surface area contributed by atoms with Crippen molar-refractivity contribution < 1.29 is 14.5 Å². The summed E-state index contributed by atoms with van der Waals surface area (Å²) < 4.78 is 5.17. The zero-order valence-corrected chi connectivity index (χ0v) is 12.0. The third-order valence-electron chi connectivity index (χ3n) is 2.05. The molecule has 0 saturated carbocycles. The Morgan fingerprint density at radius 3 is 2.58 bits per heavy atom. The molecule has 6 heteroatoms. The maximum absolute atomic E-state index is 11.5. The number of para-hydroxylation sites is 1. The molecular weight excluding hydrogens is 266 g/mol. The number of benzene rings is 1. The summed E-state index contributed by atoms with van der Waals surface area (Å²) in [4.78, 5) is 22.5. The molecule has 0 amide bonds. The highest BCUT2D eigenvalue weighted by Gasteiger charge is 2.17. The fourth-order valence-electron chi connectivity index (χ4n) is 1.37. The van der Waals surface area contributed by atoms with E-state index in [1.807, 2.05) is 0 Å². The van der Waals surface area contributed by atoms with E-state index in [1.165, 1.54) is 17.8 Å². The zero-order chi connectivity index (χ0) is 14.5. The van der Waals surface area contributed by atoms with Crippen molar-refractivity contribution in [2.75, 3.05) is 5.75 Å². The summed E-state index contributed by atoms with van der Waals surface area (Å²) in [7, 11) is 0. The summed E-state index contributed by atoms with van der Waals surface area (Å²) in [5.74, 6) is 0.165. The largest absolute Gasteiger partial charge is 0.460 e. The Morgan fingerprint density at radius 1 is 1.37 bits per heavy atom. The summed E-state index contributed by atoms with van der Waals surface area (Å²) in [5, 5.41) is 10.8. The van der Waals surface area contributed by atoms with E-state index in [9.17, 15) is 14.9 Å². The molecule has 0 heterocycles. The standard InChI is InChI=1S/C13H17NO4S/c1-13(2,3)18-12(15)8-9-19-11-7-5-4-6-10(11)14(16)17/h4-7H,8-9H2,1-3H3. The van der Waals surface area contributed by atoms with E-state index in [2.05, 4.69) is 0 Å². The van der Waals surface area contributed by atoms with E-state index in [1.54, 1.807) is 39.0 Å². The third kappa shape index (κ3) is 5.74. The van der Waals surface area contributed by atoms with Crippen LogP contribution in [0.1, 0.15) is 27.2 Å². The number of nitrogens with zero attached hydrogens (tertiary/aromatic N) is 1. The van der Waals surface area contributed by atoms with Gasteiger partial charge in [-0.05, 0) is 26.8 Å². The van der Waals surface area contributed by atoms with Crippen LogP contribution < -0.4 is 0 Å². The number of carbonyl (C=O) groups excluding carboxylic acids is 1. The third-order valence-corrected chi connectivity index (χ3v) is 3.11. The molecule has 0 fully saturated rings. The van der Waals surface area contributed by atoms with E-state index in [0.717, 1.165) is 0 Å². The maximum Gasteiger partial charge on any atom is 0.307 e. The highest BCUT2D eigenvalue weighted by Crippen LogP contribution is 2.29. The van der Waals surface area contributed by atoms with Crippen LogP contribution in [-0.4, -0.2) is 22.2 Å². The quantitative estimate of drug-likeness (QED) is 0.358. The molecule has 104 valence electrons. The number of hydrogen-bond donors (Lipinski definition) is 0. The van der Waals surface area contributed by atoms with Crippen molar-refractivity contribution in [3.63, 3.8) is 0 Å². The van der Waals surface area contributed by atoms with Crippen molar-refractivity contribution in [2.24, 2.45) is 0 Å². The number of nitro groups is 1. The van der Waals surface area contributed by atoms with Crippen LogP contribution in [0.3, 0.4) is 0 Å². The second-order valence-corrected chi connectivity index (χ2v) is 6.05. The molecule has 0 spiro atoms. The fourth-order valence-corrected chi connectivity index (χ4v) is 2.32. The monoisotopic (exact) mass is 283 g/mol. The van der Waals surface area contributed by atoms with Crippen LogP contribution in [0.2, 0.25) is 0 Å². The number of ether oxygens (including phenoxy) is 1. The molecule has 0 unspecified atom stereocenters. The molecule has 0 aromatic heterocycles. The van der Waals surface area contributed by atoms with Crippen LogP contribution in [-0.2, 0) is 9.53 Å². The van der Waals surface area contributed by atoms with Gasteiger partial charge in [0.05, 0.1) is 16.2 Å². The molecule has 0 atom stereocenters. The Balaban J connectivity index is 2.50. The smallest absolute Gasteiger partial charge is 0.307 e. The van der Waals surface area contributed by atoms with Gasteiger partial charge in [-0.3, -0.25) is 14.9 Å². The Hall–Kier alpha value is -1.56. The van der Waals surface area contributed by atoms with Crippen molar-refractivity contribution >= 4 is 23.4 Å². The van der Waals surface area contributed by atoms with Gasteiger partial charge in [0.1, 0.15) is 5.60 Å². The van der Waals surface area contributed by atoms with Crippen molar-refractivity contribution in [3.8, 4) is 0 Å². The van der Waals surface area contributed by atoms with Crippen LogP contribution in [0.4, 0.5) is 5.69 Å². The summed E-state index contributed by atoms with van der Waals surface area (Å²) in [6, 6.07) is 6.49. The van der Waals surface area contributed by atoms with Gasteiger partial charge < -0.3 is 4.74 Å². The topological polar surface area (TPSA) is 69.4 Å². The van der Waals surface area contributed by atoms with Crippen molar-refractivity contribution in [3.05, 3.63) is 34.4 Å². The number of esters is 1. The van der Waals surface area contributed by atoms with Crippen LogP contribution >= 0.6 is 11.8 Å². The molecular formula is C13H17NO4S.